The quantitative estimate of drug-likeness (QED) is 0.0789. The minimum Gasteiger partial charge on any atom is -0.447 e. The van der Waals surface area contributed by atoms with Crippen molar-refractivity contribution in [3.8, 4) is 0 Å². The molecule has 46 heavy (non-hydrogen) atoms. The number of ketones is 1. The minimum atomic E-state index is -2.19. The van der Waals surface area contributed by atoms with E-state index >= 15 is 0 Å². The molecule has 1 fully saturated rings. The van der Waals surface area contributed by atoms with Crippen LogP contribution in [0.3, 0.4) is 0 Å². The molecule has 2 aromatic rings. The third kappa shape index (κ3) is 6.61. The standard InChI is InChI=1S/C31H41N9O6/c32-14-3-1-2-4-15-35-26(42)22-11-9-21(10-12-22)24(41)20-7-5-19(6-8-20)17-36-29(43)46-18-23-25-31(39-27(33)38-25)30(44,45)13-16-40(31)28(34)37-23/h5-12,23,25,44-45H,1-4,13-18,32H2,(H2,34,37)(H,35,42)(H,36,43)(H3,33,38,39)/t23?,25-,31?/m0/s1. The van der Waals surface area contributed by atoms with Crippen LogP contribution in [0.25, 0.3) is 0 Å². The fourth-order valence-corrected chi connectivity index (χ4v) is 6.08. The number of carbonyl (C=O) groups excluding carboxylic acids is 3. The summed E-state index contributed by atoms with van der Waals surface area (Å²) >= 11 is 0. The molecular formula is C31H41N9O6. The number of benzene rings is 2. The molecule has 3 aliphatic rings. The van der Waals surface area contributed by atoms with Crippen LogP contribution in [0.5, 0.6) is 0 Å². The van der Waals surface area contributed by atoms with Gasteiger partial charge in [0, 0.05) is 42.7 Å². The number of amides is 2. The average Bonchev–Trinajstić information content (AvgIpc) is 3.55. The van der Waals surface area contributed by atoms with Crippen LogP contribution in [-0.2, 0) is 11.3 Å². The number of nitrogens with two attached hydrogens (primary N) is 3. The molecule has 1 spiro atoms. The number of aliphatic imine (C=N–C) groups is 2. The molecule has 2 amide bonds. The first-order valence-electron chi connectivity index (χ1n) is 15.4. The number of guanidine groups is 2. The Morgan fingerprint density at radius 1 is 0.935 bits per heavy atom. The molecule has 0 aromatic heterocycles. The van der Waals surface area contributed by atoms with E-state index in [4.69, 9.17) is 21.9 Å². The first-order chi connectivity index (χ1) is 22.1. The maximum absolute atomic E-state index is 13.0. The van der Waals surface area contributed by atoms with Gasteiger partial charge in [-0.1, -0.05) is 49.2 Å². The van der Waals surface area contributed by atoms with Crippen LogP contribution in [0.2, 0.25) is 0 Å². The van der Waals surface area contributed by atoms with Gasteiger partial charge in [-0.05, 0) is 37.1 Å². The van der Waals surface area contributed by atoms with Gasteiger partial charge < -0.3 is 53.0 Å². The monoisotopic (exact) mass is 635 g/mol. The summed E-state index contributed by atoms with van der Waals surface area (Å²) in [6.45, 7) is 1.40. The number of hydrogen-bond donors (Lipinski definition) is 8. The maximum Gasteiger partial charge on any atom is 0.407 e. The molecule has 15 nitrogen and oxygen atoms in total. The predicted octanol–water partition coefficient (Wildman–Crippen LogP) is -0.541. The Hall–Kier alpha value is -4.73. The topological polar surface area (TPSA) is 243 Å². The van der Waals surface area contributed by atoms with Crippen LogP contribution in [-0.4, -0.2) is 94.6 Å². The summed E-state index contributed by atoms with van der Waals surface area (Å²) in [7, 11) is 0. The van der Waals surface area contributed by atoms with E-state index in [1.54, 1.807) is 48.5 Å². The lowest BCUT2D eigenvalue weighted by Gasteiger charge is -2.48. The van der Waals surface area contributed by atoms with Crippen LogP contribution in [0.1, 0.15) is 63.9 Å². The van der Waals surface area contributed by atoms with Gasteiger partial charge in [0.05, 0.1) is 0 Å². The zero-order chi connectivity index (χ0) is 32.9. The normalized spacial score (nSPS) is 22.5. The largest absolute Gasteiger partial charge is 0.447 e. The number of alkyl carbamates (subject to hydrolysis) is 1. The van der Waals surface area contributed by atoms with E-state index < -0.39 is 29.6 Å². The van der Waals surface area contributed by atoms with E-state index in [2.05, 4.69) is 25.9 Å². The van der Waals surface area contributed by atoms with Crippen LogP contribution in [0.15, 0.2) is 58.5 Å². The van der Waals surface area contributed by atoms with Crippen molar-refractivity contribution in [1.82, 2.24) is 20.9 Å². The first-order valence-corrected chi connectivity index (χ1v) is 15.4. The molecule has 0 aliphatic carbocycles. The lowest BCUT2D eigenvalue weighted by Crippen LogP contribution is -2.76. The van der Waals surface area contributed by atoms with E-state index in [1.807, 2.05) is 0 Å². The van der Waals surface area contributed by atoms with Crippen LogP contribution < -0.4 is 33.2 Å². The number of nitrogens with one attached hydrogen (secondary N) is 3. The van der Waals surface area contributed by atoms with E-state index in [0.29, 0.717) is 29.8 Å². The molecule has 3 aliphatic heterocycles. The predicted molar refractivity (Wildman–Crippen MR) is 170 cm³/mol. The molecule has 1 saturated heterocycles. The second kappa shape index (κ2) is 13.7. The van der Waals surface area contributed by atoms with Gasteiger partial charge in [0.15, 0.2) is 23.4 Å². The molecule has 3 heterocycles. The highest BCUT2D eigenvalue weighted by molar-refractivity contribution is 6.09. The molecule has 2 aromatic carbocycles. The second-order valence-corrected chi connectivity index (χ2v) is 11.6. The van der Waals surface area contributed by atoms with Crippen molar-refractivity contribution in [3.63, 3.8) is 0 Å². The second-order valence-electron chi connectivity index (χ2n) is 11.6. The number of ether oxygens (including phenoxy) is 1. The summed E-state index contributed by atoms with van der Waals surface area (Å²) in [4.78, 5) is 48.1. The van der Waals surface area contributed by atoms with Crippen LogP contribution in [0.4, 0.5) is 4.79 Å². The Morgan fingerprint density at radius 2 is 1.59 bits per heavy atom. The number of rotatable bonds is 13. The summed E-state index contributed by atoms with van der Waals surface area (Å²) in [5, 5.41) is 29.9. The van der Waals surface area contributed by atoms with Gasteiger partial charge in [0.25, 0.3) is 5.91 Å². The van der Waals surface area contributed by atoms with Gasteiger partial charge in [-0.3, -0.25) is 9.59 Å². The number of hydrogen-bond acceptors (Lipinski definition) is 13. The summed E-state index contributed by atoms with van der Waals surface area (Å²) in [5.41, 5.74) is 18.1. The van der Waals surface area contributed by atoms with Crippen molar-refractivity contribution < 1.29 is 29.3 Å². The van der Waals surface area contributed by atoms with Crippen molar-refractivity contribution in [2.24, 2.45) is 27.2 Å². The maximum atomic E-state index is 13.0. The fourth-order valence-electron chi connectivity index (χ4n) is 6.08. The zero-order valence-electron chi connectivity index (χ0n) is 25.4. The number of aliphatic hydroxyl groups is 2. The molecule has 0 bridgehead atoms. The highest BCUT2D eigenvalue weighted by Gasteiger charge is 2.69. The molecule has 2 unspecified atom stereocenters. The molecule has 15 heteroatoms. The highest BCUT2D eigenvalue weighted by Crippen LogP contribution is 2.44. The van der Waals surface area contributed by atoms with E-state index in [-0.39, 0.29) is 49.7 Å². The molecule has 0 radical (unpaired) electrons. The average molecular weight is 636 g/mol. The first kappa shape index (κ1) is 32.7. The van der Waals surface area contributed by atoms with Gasteiger partial charge >= 0.3 is 6.09 Å². The summed E-state index contributed by atoms with van der Waals surface area (Å²) < 4.78 is 5.38. The summed E-state index contributed by atoms with van der Waals surface area (Å²) in [6, 6.07) is 11.6. The van der Waals surface area contributed by atoms with Gasteiger partial charge in [-0.15, -0.1) is 0 Å². The Labute approximate surface area is 266 Å². The lowest BCUT2D eigenvalue weighted by atomic mass is 9.87. The van der Waals surface area contributed by atoms with E-state index in [1.165, 1.54) is 4.90 Å². The smallest absolute Gasteiger partial charge is 0.407 e. The minimum absolute atomic E-state index is 0.00421. The third-order valence-electron chi connectivity index (χ3n) is 8.55. The van der Waals surface area contributed by atoms with Gasteiger partial charge in [-0.2, -0.15) is 0 Å². The molecular weight excluding hydrogens is 594 g/mol. The molecule has 246 valence electrons. The molecule has 3 atom stereocenters. The van der Waals surface area contributed by atoms with Crippen molar-refractivity contribution in [2.75, 3.05) is 26.2 Å². The Kier molecular flexibility index (Phi) is 9.74. The van der Waals surface area contributed by atoms with Gasteiger partial charge in [0.2, 0.25) is 5.79 Å². The Balaban J connectivity index is 1.09. The van der Waals surface area contributed by atoms with Crippen molar-refractivity contribution in [1.29, 1.82) is 0 Å². The summed E-state index contributed by atoms with van der Waals surface area (Å²) in [5.74, 6) is -2.51. The number of unbranched alkanes of at least 4 members (excludes halogenated alkanes) is 3. The van der Waals surface area contributed by atoms with Crippen LogP contribution in [0, 0.1) is 0 Å². The molecule has 5 rings (SSSR count). The van der Waals surface area contributed by atoms with Gasteiger partial charge in [-0.25, -0.2) is 14.8 Å². The molecule has 11 N–H and O–H groups in total. The zero-order valence-corrected chi connectivity index (χ0v) is 25.4. The van der Waals surface area contributed by atoms with E-state index in [0.717, 1.165) is 31.2 Å². The SMILES string of the molecule is NCCCCCCNC(=O)c1ccc(C(=O)c2ccc(CNC(=O)OCC3N=C(N)N4CCC(O)(O)C45NC(N)=N[C@@H]35)cc2)cc1. The van der Waals surface area contributed by atoms with Crippen molar-refractivity contribution in [3.05, 3.63) is 70.8 Å². The lowest BCUT2D eigenvalue weighted by molar-refractivity contribution is -0.221. The van der Waals surface area contributed by atoms with E-state index in [9.17, 15) is 24.6 Å². The van der Waals surface area contributed by atoms with Crippen molar-refractivity contribution in [2.45, 2.75) is 62.2 Å². The third-order valence-corrected chi connectivity index (χ3v) is 8.55. The number of carbonyl (C=O) groups is 3. The Bertz CT molecular complexity index is 1490. The molecule has 0 saturated carbocycles. The fraction of sp³-hybridized carbons (Fsp3) is 0.452. The highest BCUT2D eigenvalue weighted by atomic mass is 16.5. The Morgan fingerprint density at radius 3 is 2.28 bits per heavy atom. The van der Waals surface area contributed by atoms with Crippen LogP contribution >= 0.6 is 0 Å². The summed E-state index contributed by atoms with van der Waals surface area (Å²) in [6.07, 6.45) is 3.20. The van der Waals surface area contributed by atoms with Gasteiger partial charge in [0.1, 0.15) is 18.7 Å². The van der Waals surface area contributed by atoms with Crippen molar-refractivity contribution >= 4 is 29.7 Å². The number of nitrogens with zero attached hydrogens (tertiary/aromatic N) is 3.